The van der Waals surface area contributed by atoms with Crippen LogP contribution in [0.2, 0.25) is 0 Å². The molecule has 0 bridgehead atoms. The summed E-state index contributed by atoms with van der Waals surface area (Å²) in [4.78, 5) is 0. The van der Waals surface area contributed by atoms with Gasteiger partial charge in [0.25, 0.3) is 0 Å². The zero-order chi connectivity index (χ0) is 8.55. The van der Waals surface area contributed by atoms with Gasteiger partial charge < -0.3 is 0 Å². The third-order valence-corrected chi connectivity index (χ3v) is 2.53. The molecule has 1 aromatic carbocycles. The van der Waals surface area contributed by atoms with Gasteiger partial charge in [-0.3, -0.25) is 0 Å². The molecule has 0 saturated heterocycles. The van der Waals surface area contributed by atoms with E-state index in [-0.39, 0.29) is 5.92 Å². The summed E-state index contributed by atoms with van der Waals surface area (Å²) in [5.41, 5.74) is 0.557. The van der Waals surface area contributed by atoms with Crippen LogP contribution in [0, 0.1) is 11.6 Å². The monoisotopic (exact) mass is 168 g/mol. The first-order chi connectivity index (χ1) is 5.79. The average Bonchev–Trinajstić information content (AvgIpc) is 1.95. The Balaban J connectivity index is 2.36. The zero-order valence-corrected chi connectivity index (χ0v) is 6.69. The van der Waals surface area contributed by atoms with E-state index in [2.05, 4.69) is 0 Å². The summed E-state index contributed by atoms with van der Waals surface area (Å²) < 4.78 is 25.8. The summed E-state index contributed by atoms with van der Waals surface area (Å²) >= 11 is 0. The minimum Gasteiger partial charge on any atom is -0.204 e. The molecular formula is C10H10F2. The van der Waals surface area contributed by atoms with E-state index in [0.29, 0.717) is 5.56 Å². The molecule has 64 valence electrons. The molecule has 0 aliphatic heterocycles. The van der Waals surface area contributed by atoms with Crippen molar-refractivity contribution >= 4 is 0 Å². The first-order valence-electron chi connectivity index (χ1n) is 4.23. The summed E-state index contributed by atoms with van der Waals surface area (Å²) in [6, 6.07) is 4.42. The van der Waals surface area contributed by atoms with Gasteiger partial charge in [-0.15, -0.1) is 0 Å². The third kappa shape index (κ3) is 1.11. The van der Waals surface area contributed by atoms with Gasteiger partial charge in [0, 0.05) is 0 Å². The molecule has 0 aromatic heterocycles. The number of hydrogen-bond donors (Lipinski definition) is 0. The molecule has 0 unspecified atom stereocenters. The van der Waals surface area contributed by atoms with Crippen LogP contribution in [0.5, 0.6) is 0 Å². The Hall–Kier alpha value is -0.920. The standard InChI is InChI=1S/C10H10F2/c11-9-6-2-5-8(10(9)12)7-3-1-4-7/h2,5-7H,1,3-4H2. The van der Waals surface area contributed by atoms with Crippen LogP contribution in [-0.2, 0) is 0 Å². The lowest BCUT2D eigenvalue weighted by molar-refractivity contribution is 0.393. The Morgan fingerprint density at radius 2 is 1.92 bits per heavy atom. The highest BCUT2D eigenvalue weighted by molar-refractivity contribution is 5.24. The first-order valence-corrected chi connectivity index (χ1v) is 4.23. The molecule has 0 radical (unpaired) electrons. The number of hydrogen-bond acceptors (Lipinski definition) is 0. The Bertz CT molecular complexity index is 290. The molecule has 1 saturated carbocycles. The maximum absolute atomic E-state index is 13.1. The number of rotatable bonds is 1. The minimum atomic E-state index is -0.723. The van der Waals surface area contributed by atoms with Crippen molar-refractivity contribution in [2.45, 2.75) is 25.2 Å². The predicted molar refractivity (Wildman–Crippen MR) is 43.0 cm³/mol. The van der Waals surface area contributed by atoms with Gasteiger partial charge in [0.1, 0.15) is 0 Å². The van der Waals surface area contributed by atoms with Crippen molar-refractivity contribution in [1.82, 2.24) is 0 Å². The van der Waals surface area contributed by atoms with Crippen LogP contribution in [0.25, 0.3) is 0 Å². The van der Waals surface area contributed by atoms with Crippen LogP contribution < -0.4 is 0 Å². The fraction of sp³-hybridized carbons (Fsp3) is 0.400. The van der Waals surface area contributed by atoms with Gasteiger partial charge in [0.2, 0.25) is 0 Å². The van der Waals surface area contributed by atoms with Crippen molar-refractivity contribution in [3.05, 3.63) is 35.4 Å². The Morgan fingerprint density at radius 3 is 2.50 bits per heavy atom. The van der Waals surface area contributed by atoms with Crippen LogP contribution in [0.3, 0.4) is 0 Å². The van der Waals surface area contributed by atoms with E-state index in [1.165, 1.54) is 0 Å². The Labute approximate surface area is 70.2 Å². The number of halogens is 2. The van der Waals surface area contributed by atoms with Crippen molar-refractivity contribution in [2.24, 2.45) is 0 Å². The largest absolute Gasteiger partial charge is 0.204 e. The van der Waals surface area contributed by atoms with E-state index in [1.807, 2.05) is 0 Å². The second-order valence-corrected chi connectivity index (χ2v) is 3.27. The van der Waals surface area contributed by atoms with E-state index in [4.69, 9.17) is 0 Å². The van der Waals surface area contributed by atoms with Gasteiger partial charge in [-0.05, 0) is 30.4 Å². The van der Waals surface area contributed by atoms with Crippen molar-refractivity contribution in [3.8, 4) is 0 Å². The summed E-state index contributed by atoms with van der Waals surface area (Å²) in [7, 11) is 0. The van der Waals surface area contributed by atoms with Gasteiger partial charge in [0.05, 0.1) is 0 Å². The zero-order valence-electron chi connectivity index (χ0n) is 6.69. The summed E-state index contributed by atoms with van der Waals surface area (Å²) in [5.74, 6) is -1.11. The normalized spacial score (nSPS) is 17.5. The quantitative estimate of drug-likeness (QED) is 0.603. The second-order valence-electron chi connectivity index (χ2n) is 3.27. The molecule has 1 fully saturated rings. The van der Waals surface area contributed by atoms with Crippen molar-refractivity contribution in [3.63, 3.8) is 0 Å². The lowest BCUT2D eigenvalue weighted by Gasteiger charge is -2.25. The third-order valence-electron chi connectivity index (χ3n) is 2.53. The molecule has 2 rings (SSSR count). The van der Waals surface area contributed by atoms with Crippen LogP contribution in [0.1, 0.15) is 30.7 Å². The minimum absolute atomic E-state index is 0.265. The Morgan fingerprint density at radius 1 is 1.17 bits per heavy atom. The number of benzene rings is 1. The molecule has 0 nitrogen and oxygen atoms in total. The van der Waals surface area contributed by atoms with Gasteiger partial charge in [0.15, 0.2) is 11.6 Å². The molecule has 0 atom stereocenters. The van der Waals surface area contributed by atoms with Gasteiger partial charge in [-0.1, -0.05) is 18.6 Å². The molecule has 0 N–H and O–H groups in total. The SMILES string of the molecule is Fc1cccc(C2CCC2)c1F. The smallest absolute Gasteiger partial charge is 0.162 e. The summed E-state index contributed by atoms with van der Waals surface area (Å²) in [6.45, 7) is 0. The summed E-state index contributed by atoms with van der Waals surface area (Å²) in [5, 5.41) is 0. The Kier molecular flexibility index (Phi) is 1.83. The van der Waals surface area contributed by atoms with Crippen LogP contribution in [0.4, 0.5) is 8.78 Å². The lowest BCUT2D eigenvalue weighted by atomic mass is 9.80. The average molecular weight is 168 g/mol. The molecule has 12 heavy (non-hydrogen) atoms. The topological polar surface area (TPSA) is 0 Å². The molecule has 1 aromatic rings. The van der Waals surface area contributed by atoms with E-state index < -0.39 is 11.6 Å². The maximum Gasteiger partial charge on any atom is 0.162 e. The molecule has 0 amide bonds. The predicted octanol–water partition coefficient (Wildman–Crippen LogP) is 3.23. The lowest BCUT2D eigenvalue weighted by Crippen LogP contribution is -2.11. The van der Waals surface area contributed by atoms with E-state index >= 15 is 0 Å². The molecule has 1 aliphatic carbocycles. The van der Waals surface area contributed by atoms with Crippen molar-refractivity contribution in [1.29, 1.82) is 0 Å². The molecule has 1 aliphatic rings. The molecule has 2 heteroatoms. The molecule has 0 spiro atoms. The van der Waals surface area contributed by atoms with Crippen molar-refractivity contribution < 1.29 is 8.78 Å². The fourth-order valence-corrected chi connectivity index (χ4v) is 1.56. The fourth-order valence-electron chi connectivity index (χ4n) is 1.56. The van der Waals surface area contributed by atoms with E-state index in [0.717, 1.165) is 25.3 Å². The van der Waals surface area contributed by atoms with Gasteiger partial charge in [-0.25, -0.2) is 8.78 Å². The highest BCUT2D eigenvalue weighted by atomic mass is 19.2. The van der Waals surface area contributed by atoms with E-state index in [1.54, 1.807) is 12.1 Å². The van der Waals surface area contributed by atoms with Crippen molar-refractivity contribution in [2.75, 3.05) is 0 Å². The van der Waals surface area contributed by atoms with Gasteiger partial charge in [-0.2, -0.15) is 0 Å². The van der Waals surface area contributed by atoms with E-state index in [9.17, 15) is 8.78 Å². The van der Waals surface area contributed by atoms with Crippen LogP contribution in [-0.4, -0.2) is 0 Å². The van der Waals surface area contributed by atoms with Crippen LogP contribution in [0.15, 0.2) is 18.2 Å². The molecule has 0 heterocycles. The highest BCUT2D eigenvalue weighted by Gasteiger charge is 2.23. The molecular weight excluding hydrogens is 158 g/mol. The second kappa shape index (κ2) is 2.85. The maximum atomic E-state index is 13.1. The summed E-state index contributed by atoms with van der Waals surface area (Å²) in [6.07, 6.45) is 3.14. The highest BCUT2D eigenvalue weighted by Crippen LogP contribution is 2.37. The van der Waals surface area contributed by atoms with Gasteiger partial charge >= 0.3 is 0 Å². The van der Waals surface area contributed by atoms with Crippen LogP contribution >= 0.6 is 0 Å². The first kappa shape index (κ1) is 7.71.